The van der Waals surface area contributed by atoms with Crippen LogP contribution >= 0.6 is 0 Å². The van der Waals surface area contributed by atoms with E-state index in [1.54, 1.807) is 0 Å². The first-order valence-corrected chi connectivity index (χ1v) is 6.49. The SMILES string of the molecule is C=C(CC)N(C)C(C(=O)NCC(C)C)C(C)C. The Hall–Kier alpha value is -0.990. The highest BCUT2D eigenvalue weighted by Gasteiger charge is 2.26. The lowest BCUT2D eigenvalue weighted by Crippen LogP contribution is -2.48. The van der Waals surface area contributed by atoms with Crippen LogP contribution in [0.1, 0.15) is 41.0 Å². The zero-order chi connectivity index (χ0) is 13.6. The van der Waals surface area contributed by atoms with Gasteiger partial charge in [0.05, 0.1) is 0 Å². The third kappa shape index (κ3) is 5.24. The molecule has 0 bridgehead atoms. The summed E-state index contributed by atoms with van der Waals surface area (Å²) in [5.74, 6) is 0.854. The number of likely N-dealkylation sites (N-methyl/N-ethyl adjacent to an activating group) is 1. The molecule has 0 saturated heterocycles. The quantitative estimate of drug-likeness (QED) is 0.742. The van der Waals surface area contributed by atoms with Crippen molar-refractivity contribution in [2.24, 2.45) is 11.8 Å². The van der Waals surface area contributed by atoms with Gasteiger partial charge in [-0.25, -0.2) is 0 Å². The fraction of sp³-hybridized carbons (Fsp3) is 0.786. The molecule has 17 heavy (non-hydrogen) atoms. The second kappa shape index (κ2) is 7.36. The van der Waals surface area contributed by atoms with Crippen LogP contribution in [0.25, 0.3) is 0 Å². The maximum Gasteiger partial charge on any atom is 0.242 e. The lowest BCUT2D eigenvalue weighted by Gasteiger charge is -2.33. The van der Waals surface area contributed by atoms with Crippen molar-refractivity contribution in [3.05, 3.63) is 12.3 Å². The summed E-state index contributed by atoms with van der Waals surface area (Å²) in [5, 5.41) is 3.00. The van der Waals surface area contributed by atoms with Crippen LogP contribution in [-0.4, -0.2) is 30.4 Å². The number of hydrogen-bond donors (Lipinski definition) is 1. The Morgan fingerprint density at radius 2 is 1.82 bits per heavy atom. The first-order valence-electron chi connectivity index (χ1n) is 6.49. The van der Waals surface area contributed by atoms with Crippen molar-refractivity contribution in [1.82, 2.24) is 10.2 Å². The number of nitrogens with one attached hydrogen (secondary N) is 1. The maximum absolute atomic E-state index is 12.2. The Kier molecular flexibility index (Phi) is 6.93. The first kappa shape index (κ1) is 16.0. The van der Waals surface area contributed by atoms with Gasteiger partial charge < -0.3 is 10.2 Å². The molecule has 0 spiro atoms. The van der Waals surface area contributed by atoms with Gasteiger partial charge in [0.1, 0.15) is 6.04 Å². The molecule has 100 valence electrons. The predicted molar refractivity (Wildman–Crippen MR) is 73.7 cm³/mol. The van der Waals surface area contributed by atoms with Gasteiger partial charge in [-0.15, -0.1) is 0 Å². The largest absolute Gasteiger partial charge is 0.366 e. The molecule has 1 atom stereocenters. The van der Waals surface area contributed by atoms with E-state index in [0.29, 0.717) is 5.92 Å². The van der Waals surface area contributed by atoms with Crippen LogP contribution in [0.15, 0.2) is 12.3 Å². The number of allylic oxidation sites excluding steroid dienone is 1. The molecule has 0 aromatic rings. The van der Waals surface area contributed by atoms with E-state index in [-0.39, 0.29) is 17.9 Å². The second-order valence-electron chi connectivity index (χ2n) is 5.36. The summed E-state index contributed by atoms with van der Waals surface area (Å²) in [6, 6.07) is -0.124. The number of hydrogen-bond acceptors (Lipinski definition) is 2. The molecule has 3 heteroatoms. The summed E-state index contributed by atoms with van der Waals surface area (Å²) in [7, 11) is 1.95. The van der Waals surface area contributed by atoms with Crippen molar-refractivity contribution >= 4 is 5.91 Å². The van der Waals surface area contributed by atoms with Gasteiger partial charge in [0.2, 0.25) is 5.91 Å². The van der Waals surface area contributed by atoms with Gasteiger partial charge in [0.15, 0.2) is 0 Å². The molecule has 0 aromatic carbocycles. The molecule has 0 saturated carbocycles. The Labute approximate surface area is 106 Å². The molecule has 0 aromatic heterocycles. The molecule has 0 rings (SSSR count). The van der Waals surface area contributed by atoms with Gasteiger partial charge >= 0.3 is 0 Å². The van der Waals surface area contributed by atoms with Gasteiger partial charge in [-0.3, -0.25) is 4.79 Å². The molecule has 0 fully saturated rings. The molecule has 1 amide bonds. The van der Waals surface area contributed by atoms with Gasteiger partial charge in [-0.05, 0) is 18.3 Å². The van der Waals surface area contributed by atoms with Gasteiger partial charge in [-0.2, -0.15) is 0 Å². The summed E-state index contributed by atoms with van der Waals surface area (Å²) in [4.78, 5) is 14.2. The standard InChI is InChI=1S/C14H28N2O/c1-8-12(6)16(7)13(11(4)5)14(17)15-9-10(2)3/h10-11,13H,6,8-9H2,1-5,7H3,(H,15,17). The molecule has 0 radical (unpaired) electrons. The van der Waals surface area contributed by atoms with Gasteiger partial charge in [0.25, 0.3) is 0 Å². The van der Waals surface area contributed by atoms with Crippen LogP contribution < -0.4 is 5.32 Å². The Balaban J connectivity index is 4.62. The first-order chi connectivity index (χ1) is 7.81. The van der Waals surface area contributed by atoms with Crippen LogP contribution in [0.4, 0.5) is 0 Å². The van der Waals surface area contributed by atoms with E-state index in [2.05, 4.69) is 46.5 Å². The molecule has 0 aliphatic carbocycles. The zero-order valence-electron chi connectivity index (χ0n) is 12.2. The number of rotatable bonds is 7. The molecule has 3 nitrogen and oxygen atoms in total. The van der Waals surface area contributed by atoms with E-state index in [4.69, 9.17) is 0 Å². The predicted octanol–water partition coefficient (Wildman–Crippen LogP) is 2.64. The lowest BCUT2D eigenvalue weighted by atomic mass is 10.0. The van der Waals surface area contributed by atoms with E-state index in [1.807, 2.05) is 11.9 Å². The monoisotopic (exact) mass is 240 g/mol. The van der Waals surface area contributed by atoms with Gasteiger partial charge in [-0.1, -0.05) is 41.2 Å². The highest BCUT2D eigenvalue weighted by molar-refractivity contribution is 5.82. The Morgan fingerprint density at radius 3 is 2.18 bits per heavy atom. The average Bonchev–Trinajstić information content (AvgIpc) is 2.24. The van der Waals surface area contributed by atoms with E-state index in [0.717, 1.165) is 18.7 Å². The number of amides is 1. The van der Waals surface area contributed by atoms with Gasteiger partial charge in [0, 0.05) is 19.3 Å². The smallest absolute Gasteiger partial charge is 0.242 e. The molecular formula is C14H28N2O. The van der Waals surface area contributed by atoms with E-state index in [9.17, 15) is 4.79 Å². The van der Waals surface area contributed by atoms with E-state index in [1.165, 1.54) is 0 Å². The average molecular weight is 240 g/mol. The maximum atomic E-state index is 12.2. The normalized spacial score (nSPS) is 12.7. The lowest BCUT2D eigenvalue weighted by molar-refractivity contribution is -0.126. The Morgan fingerprint density at radius 1 is 1.29 bits per heavy atom. The van der Waals surface area contributed by atoms with Crippen molar-refractivity contribution in [2.75, 3.05) is 13.6 Å². The van der Waals surface area contributed by atoms with Crippen LogP contribution in [0.5, 0.6) is 0 Å². The summed E-state index contributed by atoms with van der Waals surface area (Å²) in [6.07, 6.45) is 0.872. The third-order valence-electron chi connectivity index (χ3n) is 2.91. The van der Waals surface area contributed by atoms with Crippen molar-refractivity contribution in [3.63, 3.8) is 0 Å². The summed E-state index contributed by atoms with van der Waals surface area (Å²) in [6.45, 7) is 15.1. The summed E-state index contributed by atoms with van der Waals surface area (Å²) in [5.41, 5.74) is 1.00. The molecule has 1 N–H and O–H groups in total. The molecular weight excluding hydrogens is 212 g/mol. The topological polar surface area (TPSA) is 32.3 Å². The van der Waals surface area contributed by atoms with Crippen molar-refractivity contribution in [1.29, 1.82) is 0 Å². The minimum Gasteiger partial charge on any atom is -0.366 e. The van der Waals surface area contributed by atoms with Crippen LogP contribution in [-0.2, 0) is 4.79 Å². The molecule has 0 aliphatic rings. The fourth-order valence-electron chi connectivity index (χ4n) is 1.78. The number of nitrogens with zero attached hydrogens (tertiary/aromatic N) is 1. The molecule has 0 heterocycles. The minimum atomic E-state index is -0.124. The van der Waals surface area contributed by atoms with Crippen molar-refractivity contribution in [3.8, 4) is 0 Å². The number of carbonyl (C=O) groups is 1. The Bertz CT molecular complexity index is 259. The third-order valence-corrected chi connectivity index (χ3v) is 2.91. The highest BCUT2D eigenvalue weighted by Crippen LogP contribution is 2.15. The van der Waals surface area contributed by atoms with Crippen molar-refractivity contribution in [2.45, 2.75) is 47.1 Å². The summed E-state index contributed by atoms with van der Waals surface area (Å²) >= 11 is 0. The highest BCUT2D eigenvalue weighted by atomic mass is 16.2. The molecule has 1 unspecified atom stereocenters. The fourth-order valence-corrected chi connectivity index (χ4v) is 1.78. The van der Waals surface area contributed by atoms with E-state index >= 15 is 0 Å². The summed E-state index contributed by atoms with van der Waals surface area (Å²) < 4.78 is 0. The van der Waals surface area contributed by atoms with Crippen LogP contribution in [0.2, 0.25) is 0 Å². The zero-order valence-corrected chi connectivity index (χ0v) is 12.2. The second-order valence-corrected chi connectivity index (χ2v) is 5.36. The molecule has 0 aliphatic heterocycles. The van der Waals surface area contributed by atoms with Crippen LogP contribution in [0, 0.1) is 11.8 Å². The van der Waals surface area contributed by atoms with Crippen LogP contribution in [0.3, 0.4) is 0 Å². The van der Waals surface area contributed by atoms with E-state index < -0.39 is 0 Å². The van der Waals surface area contributed by atoms with Crippen molar-refractivity contribution < 1.29 is 4.79 Å². The minimum absolute atomic E-state index is 0.103. The number of carbonyl (C=O) groups excluding carboxylic acids is 1.